The van der Waals surface area contributed by atoms with Gasteiger partial charge in [-0.1, -0.05) is 6.07 Å². The summed E-state index contributed by atoms with van der Waals surface area (Å²) in [4.78, 5) is 2.61. The van der Waals surface area contributed by atoms with Crippen molar-refractivity contribution in [3.63, 3.8) is 0 Å². The highest BCUT2D eigenvalue weighted by Crippen LogP contribution is 2.29. The second-order valence-electron chi connectivity index (χ2n) is 5.74. The van der Waals surface area contributed by atoms with Crippen LogP contribution in [0, 0.1) is 0 Å². The highest BCUT2D eigenvalue weighted by Gasteiger charge is 2.31. The number of hydrogen-bond donors (Lipinski definition) is 3. The van der Waals surface area contributed by atoms with Crippen LogP contribution in [0.15, 0.2) is 18.2 Å². The maximum absolute atomic E-state index is 9.74. The van der Waals surface area contributed by atoms with Crippen LogP contribution in [-0.2, 0) is 6.54 Å². The van der Waals surface area contributed by atoms with Gasteiger partial charge in [0.05, 0.1) is 0 Å². The van der Waals surface area contributed by atoms with Crippen molar-refractivity contribution >= 4 is 0 Å². The van der Waals surface area contributed by atoms with Crippen LogP contribution in [0.3, 0.4) is 0 Å². The zero-order valence-electron chi connectivity index (χ0n) is 11.2. The predicted octanol–water partition coefficient (Wildman–Crippen LogP) is 1.81. The summed E-state index contributed by atoms with van der Waals surface area (Å²) >= 11 is 0. The van der Waals surface area contributed by atoms with Gasteiger partial charge >= 0.3 is 0 Å². The second-order valence-corrected chi connectivity index (χ2v) is 5.74. The normalized spacial score (nSPS) is 21.7. The minimum absolute atomic E-state index is 0.110. The third kappa shape index (κ3) is 3.19. The van der Waals surface area contributed by atoms with Gasteiger partial charge < -0.3 is 20.4 Å². The Labute approximate surface area is 114 Å². The van der Waals surface area contributed by atoms with Crippen LogP contribution in [0.4, 0.5) is 0 Å². The van der Waals surface area contributed by atoms with E-state index < -0.39 is 0 Å². The van der Waals surface area contributed by atoms with Crippen LogP contribution in [0.5, 0.6) is 11.5 Å². The molecule has 0 spiro atoms. The predicted molar refractivity (Wildman–Crippen MR) is 74.2 cm³/mol. The van der Waals surface area contributed by atoms with Crippen LogP contribution in [0.2, 0.25) is 0 Å². The van der Waals surface area contributed by atoms with E-state index in [4.69, 9.17) is 0 Å². The van der Waals surface area contributed by atoms with Gasteiger partial charge in [0.2, 0.25) is 0 Å². The van der Waals surface area contributed by atoms with Crippen LogP contribution in [-0.4, -0.2) is 40.3 Å². The molecule has 1 saturated heterocycles. The molecule has 0 atom stereocenters. The molecule has 1 aliphatic heterocycles. The Kier molecular flexibility index (Phi) is 3.62. The SMILES string of the molecule is Oc1ccc(CNC2CCN(C3CC3)CC2)c(O)c1. The molecule has 1 aromatic carbocycles. The first-order chi connectivity index (χ1) is 9.22. The molecule has 1 saturated carbocycles. The van der Waals surface area contributed by atoms with Crippen LogP contribution >= 0.6 is 0 Å². The van der Waals surface area contributed by atoms with E-state index in [1.807, 2.05) is 0 Å². The molecule has 4 heteroatoms. The summed E-state index contributed by atoms with van der Waals surface area (Å²) in [6, 6.07) is 6.21. The van der Waals surface area contributed by atoms with Crippen LogP contribution in [0.1, 0.15) is 31.2 Å². The van der Waals surface area contributed by atoms with Gasteiger partial charge in [-0.05, 0) is 44.8 Å². The lowest BCUT2D eigenvalue weighted by Crippen LogP contribution is -2.43. The molecule has 1 aromatic rings. The number of nitrogens with zero attached hydrogens (tertiary/aromatic N) is 1. The minimum Gasteiger partial charge on any atom is -0.508 e. The summed E-state index contributed by atoms with van der Waals surface area (Å²) in [6.07, 6.45) is 5.16. The summed E-state index contributed by atoms with van der Waals surface area (Å²) in [5.41, 5.74) is 0.849. The first-order valence-electron chi connectivity index (χ1n) is 7.20. The lowest BCUT2D eigenvalue weighted by atomic mass is 10.0. The molecule has 0 aromatic heterocycles. The number of piperidine rings is 1. The summed E-state index contributed by atoms with van der Waals surface area (Å²) in [6.45, 7) is 3.06. The molecular weight excluding hydrogens is 240 g/mol. The Bertz CT molecular complexity index is 438. The van der Waals surface area contributed by atoms with Crippen molar-refractivity contribution in [3.8, 4) is 11.5 Å². The van der Waals surface area contributed by atoms with Crippen molar-refractivity contribution in [3.05, 3.63) is 23.8 Å². The topological polar surface area (TPSA) is 55.7 Å². The van der Waals surface area contributed by atoms with Crippen LogP contribution < -0.4 is 5.32 Å². The third-order valence-corrected chi connectivity index (χ3v) is 4.24. The monoisotopic (exact) mass is 262 g/mol. The van der Waals surface area contributed by atoms with E-state index in [2.05, 4.69) is 10.2 Å². The zero-order chi connectivity index (χ0) is 13.2. The first kappa shape index (κ1) is 12.8. The average molecular weight is 262 g/mol. The molecule has 1 heterocycles. The Hall–Kier alpha value is -1.26. The standard InChI is InChI=1S/C15H22N2O2/c18-14-4-1-11(15(19)9-14)10-16-12-5-7-17(8-6-12)13-2-3-13/h1,4,9,12-13,16,18-19H,2-3,5-8,10H2. The lowest BCUT2D eigenvalue weighted by molar-refractivity contribution is 0.189. The van der Waals surface area contributed by atoms with Crippen molar-refractivity contribution < 1.29 is 10.2 Å². The molecule has 19 heavy (non-hydrogen) atoms. The summed E-state index contributed by atoms with van der Waals surface area (Å²) in [7, 11) is 0. The fourth-order valence-corrected chi connectivity index (χ4v) is 2.86. The van der Waals surface area contributed by atoms with Gasteiger partial charge in [-0.3, -0.25) is 0 Å². The Morgan fingerprint density at radius 2 is 1.84 bits per heavy atom. The fraction of sp³-hybridized carbons (Fsp3) is 0.600. The molecular formula is C15H22N2O2. The van der Waals surface area contributed by atoms with Gasteiger partial charge in [0.15, 0.2) is 0 Å². The number of phenolic OH excluding ortho intramolecular Hbond substituents is 2. The smallest absolute Gasteiger partial charge is 0.123 e. The number of likely N-dealkylation sites (tertiary alicyclic amines) is 1. The van der Waals surface area contributed by atoms with Gasteiger partial charge in [0.25, 0.3) is 0 Å². The van der Waals surface area contributed by atoms with Gasteiger partial charge in [0, 0.05) is 30.3 Å². The quantitative estimate of drug-likeness (QED) is 0.774. The molecule has 0 radical (unpaired) electrons. The number of hydrogen-bond acceptors (Lipinski definition) is 4. The number of nitrogens with one attached hydrogen (secondary N) is 1. The molecule has 3 rings (SSSR count). The molecule has 2 fully saturated rings. The highest BCUT2D eigenvalue weighted by atomic mass is 16.3. The van der Waals surface area contributed by atoms with Crippen molar-refractivity contribution in [2.75, 3.05) is 13.1 Å². The number of benzene rings is 1. The van der Waals surface area contributed by atoms with Crippen molar-refractivity contribution in [1.82, 2.24) is 10.2 Å². The number of phenols is 2. The lowest BCUT2D eigenvalue weighted by Gasteiger charge is -2.32. The van der Waals surface area contributed by atoms with Gasteiger partial charge in [-0.15, -0.1) is 0 Å². The zero-order valence-corrected chi connectivity index (χ0v) is 11.2. The molecule has 3 N–H and O–H groups in total. The second kappa shape index (κ2) is 5.39. The summed E-state index contributed by atoms with van der Waals surface area (Å²) < 4.78 is 0. The molecule has 0 bridgehead atoms. The van der Waals surface area contributed by atoms with E-state index in [0.29, 0.717) is 12.6 Å². The molecule has 104 valence electrons. The molecule has 2 aliphatic rings. The molecule has 0 amide bonds. The molecule has 0 unspecified atom stereocenters. The maximum atomic E-state index is 9.74. The van der Waals surface area contributed by atoms with Crippen LogP contribution in [0.25, 0.3) is 0 Å². The number of rotatable bonds is 4. The van der Waals surface area contributed by atoms with E-state index >= 15 is 0 Å². The van der Waals surface area contributed by atoms with Gasteiger partial charge in [-0.2, -0.15) is 0 Å². The Morgan fingerprint density at radius 1 is 1.11 bits per heavy atom. The molecule has 1 aliphatic carbocycles. The van der Waals surface area contributed by atoms with E-state index in [1.54, 1.807) is 12.1 Å². The van der Waals surface area contributed by atoms with E-state index in [1.165, 1.54) is 44.8 Å². The third-order valence-electron chi connectivity index (χ3n) is 4.24. The molecule has 4 nitrogen and oxygen atoms in total. The van der Waals surface area contributed by atoms with Gasteiger partial charge in [0.1, 0.15) is 11.5 Å². The van der Waals surface area contributed by atoms with Crippen molar-refractivity contribution in [2.45, 2.75) is 44.3 Å². The minimum atomic E-state index is 0.110. The summed E-state index contributed by atoms with van der Waals surface area (Å²) in [5, 5.41) is 22.5. The number of aromatic hydroxyl groups is 2. The van der Waals surface area contributed by atoms with E-state index in [0.717, 1.165) is 11.6 Å². The van der Waals surface area contributed by atoms with Crippen molar-refractivity contribution in [1.29, 1.82) is 0 Å². The van der Waals surface area contributed by atoms with E-state index in [9.17, 15) is 10.2 Å². The van der Waals surface area contributed by atoms with Gasteiger partial charge in [-0.25, -0.2) is 0 Å². The van der Waals surface area contributed by atoms with Crippen molar-refractivity contribution in [2.24, 2.45) is 0 Å². The summed E-state index contributed by atoms with van der Waals surface area (Å²) in [5.74, 6) is 0.280. The largest absolute Gasteiger partial charge is 0.508 e. The fourth-order valence-electron chi connectivity index (χ4n) is 2.86. The highest BCUT2D eigenvalue weighted by molar-refractivity contribution is 5.38. The first-order valence-corrected chi connectivity index (χ1v) is 7.20. The Balaban J connectivity index is 1.47. The van der Waals surface area contributed by atoms with E-state index in [-0.39, 0.29) is 11.5 Å². The average Bonchev–Trinajstić information content (AvgIpc) is 3.23. The maximum Gasteiger partial charge on any atom is 0.123 e. The Morgan fingerprint density at radius 3 is 2.47 bits per heavy atom.